The lowest BCUT2D eigenvalue weighted by atomic mass is 10.2. The summed E-state index contributed by atoms with van der Waals surface area (Å²) in [6.07, 6.45) is 1.28. The van der Waals surface area contributed by atoms with Gasteiger partial charge in [-0.1, -0.05) is 22.0 Å². The molecule has 0 saturated carbocycles. The van der Waals surface area contributed by atoms with Crippen LogP contribution < -0.4 is 10.2 Å². The molecule has 0 bridgehead atoms. The molecule has 0 heterocycles. The minimum atomic E-state index is -2.95. The van der Waals surface area contributed by atoms with Crippen molar-refractivity contribution in [2.24, 2.45) is 5.10 Å². The summed E-state index contributed by atoms with van der Waals surface area (Å²) in [5.74, 6) is -0.0345. The van der Waals surface area contributed by atoms with Crippen molar-refractivity contribution in [2.45, 2.75) is 6.61 Å². The van der Waals surface area contributed by atoms with Crippen molar-refractivity contribution in [2.75, 3.05) is 5.43 Å². The normalized spacial score (nSPS) is 11.0. The van der Waals surface area contributed by atoms with E-state index in [0.717, 1.165) is 0 Å². The van der Waals surface area contributed by atoms with Crippen LogP contribution in [0.25, 0.3) is 0 Å². The molecule has 0 spiro atoms. The summed E-state index contributed by atoms with van der Waals surface area (Å²) in [7, 11) is 0. The highest BCUT2D eigenvalue weighted by atomic mass is 79.9. The maximum atomic E-state index is 12.4. The van der Waals surface area contributed by atoms with Crippen LogP contribution in [-0.2, 0) is 0 Å². The first-order valence-corrected chi connectivity index (χ1v) is 7.03. The fraction of sp³-hybridized carbons (Fsp3) is 0.0714. The molecule has 23 heavy (non-hydrogen) atoms. The van der Waals surface area contributed by atoms with E-state index in [4.69, 9.17) is 0 Å². The predicted octanol–water partition coefficient (Wildman–Crippen LogP) is 4.40. The number of nitrogens with zero attached hydrogens (tertiary/aromatic N) is 2. The van der Waals surface area contributed by atoms with Gasteiger partial charge in [0.05, 0.1) is 16.8 Å². The summed E-state index contributed by atoms with van der Waals surface area (Å²) in [6, 6.07) is 10.2. The van der Waals surface area contributed by atoms with Crippen molar-refractivity contribution in [3.8, 4) is 5.75 Å². The fourth-order valence-electron chi connectivity index (χ4n) is 1.69. The largest absolute Gasteiger partial charge is 0.434 e. The number of nitro benzene ring substituents is 1. The van der Waals surface area contributed by atoms with Crippen molar-refractivity contribution >= 4 is 33.5 Å². The molecule has 2 aromatic carbocycles. The molecule has 0 atom stereocenters. The molecular weight excluding hydrogens is 376 g/mol. The molecule has 2 aromatic rings. The summed E-state index contributed by atoms with van der Waals surface area (Å²) in [5, 5.41) is 14.6. The zero-order chi connectivity index (χ0) is 16.8. The topological polar surface area (TPSA) is 76.8 Å². The number of ether oxygens (including phenoxy) is 1. The van der Waals surface area contributed by atoms with Crippen LogP contribution in [0.2, 0.25) is 0 Å². The van der Waals surface area contributed by atoms with Crippen LogP contribution >= 0.6 is 15.9 Å². The highest BCUT2D eigenvalue weighted by Crippen LogP contribution is 2.23. The van der Waals surface area contributed by atoms with Crippen molar-refractivity contribution in [1.29, 1.82) is 0 Å². The highest BCUT2D eigenvalue weighted by Gasteiger charge is 2.09. The van der Waals surface area contributed by atoms with E-state index in [1.54, 1.807) is 18.2 Å². The van der Waals surface area contributed by atoms with E-state index >= 15 is 0 Å². The van der Waals surface area contributed by atoms with E-state index in [2.05, 4.69) is 31.2 Å². The van der Waals surface area contributed by atoms with Crippen LogP contribution in [0.15, 0.2) is 52.0 Å². The Balaban J connectivity index is 2.15. The Bertz CT molecular complexity index is 741. The molecule has 0 aliphatic rings. The predicted molar refractivity (Wildman–Crippen MR) is 85.1 cm³/mol. The smallest absolute Gasteiger partial charge is 0.387 e. The van der Waals surface area contributed by atoms with Gasteiger partial charge in [-0.15, -0.1) is 0 Å². The first-order valence-electron chi connectivity index (χ1n) is 6.23. The van der Waals surface area contributed by atoms with Crippen molar-refractivity contribution in [3.05, 3.63) is 62.6 Å². The number of nitrogens with one attached hydrogen (secondary N) is 1. The molecule has 0 amide bonds. The van der Waals surface area contributed by atoms with Crippen LogP contribution in [0.4, 0.5) is 20.2 Å². The molecule has 2 rings (SSSR count). The number of anilines is 1. The molecule has 1 N–H and O–H groups in total. The van der Waals surface area contributed by atoms with E-state index < -0.39 is 11.5 Å². The zero-order valence-corrected chi connectivity index (χ0v) is 13.0. The van der Waals surface area contributed by atoms with Gasteiger partial charge >= 0.3 is 6.61 Å². The third-order valence-corrected chi connectivity index (χ3v) is 3.14. The van der Waals surface area contributed by atoms with Crippen LogP contribution in [0.1, 0.15) is 5.56 Å². The Morgan fingerprint density at radius 3 is 2.78 bits per heavy atom. The summed E-state index contributed by atoms with van der Waals surface area (Å²) in [6.45, 7) is -2.95. The molecule has 0 aliphatic carbocycles. The van der Waals surface area contributed by atoms with Gasteiger partial charge in [-0.05, 0) is 24.3 Å². The van der Waals surface area contributed by atoms with Gasteiger partial charge in [0.2, 0.25) is 0 Å². The molecule has 0 saturated heterocycles. The Hall–Kier alpha value is -2.55. The maximum Gasteiger partial charge on any atom is 0.387 e. The van der Waals surface area contributed by atoms with Crippen LogP contribution in [-0.4, -0.2) is 17.7 Å². The number of hydrazone groups is 1. The Morgan fingerprint density at radius 2 is 2.09 bits per heavy atom. The average molecular weight is 386 g/mol. The van der Waals surface area contributed by atoms with Gasteiger partial charge in [0, 0.05) is 22.2 Å². The van der Waals surface area contributed by atoms with Gasteiger partial charge in [-0.3, -0.25) is 15.5 Å². The third-order valence-electron chi connectivity index (χ3n) is 2.64. The second-order valence-electron chi connectivity index (χ2n) is 4.24. The van der Waals surface area contributed by atoms with Gasteiger partial charge < -0.3 is 4.74 Å². The minimum Gasteiger partial charge on any atom is -0.434 e. The Morgan fingerprint density at radius 1 is 1.30 bits per heavy atom. The quantitative estimate of drug-likeness (QED) is 0.454. The Labute approximate surface area is 138 Å². The Kier molecular flexibility index (Phi) is 5.58. The van der Waals surface area contributed by atoms with E-state index in [0.29, 0.717) is 15.7 Å². The first kappa shape index (κ1) is 16.8. The second-order valence-corrected chi connectivity index (χ2v) is 5.15. The highest BCUT2D eigenvalue weighted by molar-refractivity contribution is 9.10. The van der Waals surface area contributed by atoms with Crippen molar-refractivity contribution in [1.82, 2.24) is 0 Å². The molecule has 0 unspecified atom stereocenters. The average Bonchev–Trinajstić information content (AvgIpc) is 2.50. The number of rotatable bonds is 6. The summed E-state index contributed by atoms with van der Waals surface area (Å²) >= 11 is 3.22. The molecule has 120 valence electrons. The zero-order valence-electron chi connectivity index (χ0n) is 11.4. The molecular formula is C14H10BrF2N3O3. The van der Waals surface area contributed by atoms with E-state index in [9.17, 15) is 18.9 Å². The van der Waals surface area contributed by atoms with E-state index in [1.807, 2.05) is 0 Å². The molecule has 6 nitrogen and oxygen atoms in total. The van der Waals surface area contributed by atoms with Crippen LogP contribution in [0.3, 0.4) is 0 Å². The lowest BCUT2D eigenvalue weighted by Crippen LogP contribution is -2.04. The number of benzene rings is 2. The number of hydrogen-bond acceptors (Lipinski definition) is 5. The molecule has 0 aromatic heterocycles. The van der Waals surface area contributed by atoms with Crippen LogP contribution in [0.5, 0.6) is 5.75 Å². The SMILES string of the molecule is O=[N+]([O-])c1cccc(N/N=C\c2cc(Br)ccc2OC(F)F)c1. The lowest BCUT2D eigenvalue weighted by molar-refractivity contribution is -0.384. The minimum absolute atomic E-state index is 0.0345. The van der Waals surface area contributed by atoms with Crippen molar-refractivity contribution < 1.29 is 18.4 Å². The maximum absolute atomic E-state index is 12.4. The summed E-state index contributed by atoms with van der Waals surface area (Å²) in [5.41, 5.74) is 3.21. The summed E-state index contributed by atoms with van der Waals surface area (Å²) < 4.78 is 29.8. The number of halogens is 3. The molecule has 9 heteroatoms. The fourth-order valence-corrected chi connectivity index (χ4v) is 2.07. The van der Waals surface area contributed by atoms with Gasteiger partial charge in [0.25, 0.3) is 5.69 Å². The summed E-state index contributed by atoms with van der Waals surface area (Å²) in [4.78, 5) is 10.1. The van der Waals surface area contributed by atoms with Crippen molar-refractivity contribution in [3.63, 3.8) is 0 Å². The number of alkyl halides is 2. The first-order chi connectivity index (χ1) is 11.0. The third kappa shape index (κ3) is 4.99. The van der Waals surface area contributed by atoms with Gasteiger partial charge in [0.1, 0.15) is 5.75 Å². The lowest BCUT2D eigenvalue weighted by Gasteiger charge is -2.08. The number of hydrogen-bond donors (Lipinski definition) is 1. The van der Waals surface area contributed by atoms with Crippen LogP contribution in [0, 0.1) is 10.1 Å². The number of nitro groups is 1. The number of non-ortho nitro benzene ring substituents is 1. The second kappa shape index (κ2) is 7.63. The molecule has 0 radical (unpaired) electrons. The van der Waals surface area contributed by atoms with E-state index in [1.165, 1.54) is 30.5 Å². The van der Waals surface area contributed by atoms with E-state index in [-0.39, 0.29) is 11.4 Å². The van der Waals surface area contributed by atoms with Gasteiger partial charge in [0.15, 0.2) is 0 Å². The monoisotopic (exact) mass is 385 g/mol. The van der Waals surface area contributed by atoms with Gasteiger partial charge in [-0.25, -0.2) is 0 Å². The standard InChI is InChI=1S/C14H10BrF2N3O3/c15-10-4-5-13(23-14(16)17)9(6-10)8-18-19-11-2-1-3-12(7-11)20(21)22/h1-8,14,19H/b18-8-. The molecule has 0 aliphatic heterocycles. The van der Waals surface area contributed by atoms with Gasteiger partial charge in [-0.2, -0.15) is 13.9 Å². The molecule has 0 fully saturated rings.